The molecular weight excluding hydrogens is 274 g/mol. The Morgan fingerprint density at radius 1 is 1.00 bits per heavy atom. The van der Waals surface area contributed by atoms with Crippen molar-refractivity contribution < 1.29 is 23.8 Å². The second-order valence-electron chi connectivity index (χ2n) is 4.17. The van der Waals surface area contributed by atoms with Gasteiger partial charge in [0.15, 0.2) is 0 Å². The summed E-state index contributed by atoms with van der Waals surface area (Å²) in [5, 5.41) is 2.77. The maximum Gasteiger partial charge on any atom is 0.246 e. The molecule has 21 heavy (non-hydrogen) atoms. The van der Waals surface area contributed by atoms with Gasteiger partial charge >= 0.3 is 0 Å². The number of carbonyl (C=O) groups is 2. The zero-order valence-electron chi connectivity index (χ0n) is 12.0. The average molecular weight is 295 g/mol. The van der Waals surface area contributed by atoms with Crippen LogP contribution in [0.2, 0.25) is 0 Å². The van der Waals surface area contributed by atoms with E-state index >= 15 is 0 Å². The molecule has 6 nitrogen and oxygen atoms in total. The van der Waals surface area contributed by atoms with Gasteiger partial charge in [0, 0.05) is 6.54 Å². The van der Waals surface area contributed by atoms with Gasteiger partial charge in [-0.1, -0.05) is 30.3 Å². The zero-order chi connectivity index (χ0) is 15.2. The number of ether oxygens (including phenoxy) is 3. The second kappa shape index (κ2) is 12.0. The van der Waals surface area contributed by atoms with Gasteiger partial charge < -0.3 is 24.3 Å². The van der Waals surface area contributed by atoms with Crippen molar-refractivity contribution in [3.63, 3.8) is 0 Å². The standard InChI is InChI=1S/C15H21NO5/c17-6-7-19-8-9-20-10-11-21-13-15(18)16-12-14-4-2-1-3-5-14/h1-6H,7-13H2,(H,16,18). The molecule has 0 aromatic heterocycles. The van der Waals surface area contributed by atoms with E-state index in [2.05, 4.69) is 5.32 Å². The van der Waals surface area contributed by atoms with Crippen molar-refractivity contribution in [2.75, 3.05) is 39.6 Å². The Morgan fingerprint density at radius 2 is 1.67 bits per heavy atom. The van der Waals surface area contributed by atoms with E-state index in [1.165, 1.54) is 0 Å². The molecule has 116 valence electrons. The molecule has 0 aliphatic rings. The fourth-order valence-corrected chi connectivity index (χ4v) is 1.48. The molecule has 0 aliphatic heterocycles. The van der Waals surface area contributed by atoms with Crippen molar-refractivity contribution in [2.24, 2.45) is 0 Å². The van der Waals surface area contributed by atoms with Gasteiger partial charge in [0.2, 0.25) is 5.91 Å². The Hall–Kier alpha value is -1.76. The average Bonchev–Trinajstić information content (AvgIpc) is 2.52. The number of aldehydes is 1. The normalized spacial score (nSPS) is 10.3. The maximum atomic E-state index is 11.5. The third-order valence-electron chi connectivity index (χ3n) is 2.50. The predicted octanol–water partition coefficient (Wildman–Crippen LogP) is 0.552. The van der Waals surface area contributed by atoms with Gasteiger partial charge in [-0.2, -0.15) is 0 Å². The molecule has 0 spiro atoms. The highest BCUT2D eigenvalue weighted by Crippen LogP contribution is 1.96. The first-order chi connectivity index (χ1) is 10.3. The van der Waals surface area contributed by atoms with Crippen LogP contribution in [0, 0.1) is 0 Å². The van der Waals surface area contributed by atoms with E-state index in [0.29, 0.717) is 39.3 Å². The van der Waals surface area contributed by atoms with Gasteiger partial charge in [-0.05, 0) is 5.56 Å². The Balaban J connectivity index is 1.90. The summed E-state index contributed by atoms with van der Waals surface area (Å²) in [6, 6.07) is 9.67. The van der Waals surface area contributed by atoms with Gasteiger partial charge in [0.1, 0.15) is 19.5 Å². The number of hydrogen-bond donors (Lipinski definition) is 1. The molecule has 0 saturated heterocycles. The highest BCUT2D eigenvalue weighted by molar-refractivity contribution is 5.77. The van der Waals surface area contributed by atoms with E-state index < -0.39 is 0 Å². The van der Waals surface area contributed by atoms with Crippen LogP contribution in [0.25, 0.3) is 0 Å². The van der Waals surface area contributed by atoms with Crippen LogP contribution in [0.4, 0.5) is 0 Å². The summed E-state index contributed by atoms with van der Waals surface area (Å²) in [5.74, 6) is -0.159. The van der Waals surface area contributed by atoms with Gasteiger partial charge in [-0.25, -0.2) is 0 Å². The van der Waals surface area contributed by atoms with E-state index in [1.807, 2.05) is 30.3 Å². The van der Waals surface area contributed by atoms with Crippen molar-refractivity contribution in [1.29, 1.82) is 0 Å². The third kappa shape index (κ3) is 9.73. The molecule has 0 radical (unpaired) electrons. The number of carbonyl (C=O) groups excluding carboxylic acids is 2. The van der Waals surface area contributed by atoms with E-state index in [-0.39, 0.29) is 19.1 Å². The highest BCUT2D eigenvalue weighted by Gasteiger charge is 2.01. The minimum atomic E-state index is -0.159. The molecule has 1 aromatic carbocycles. The molecule has 0 saturated carbocycles. The number of nitrogens with one attached hydrogen (secondary N) is 1. The van der Waals surface area contributed by atoms with Crippen LogP contribution < -0.4 is 5.32 Å². The minimum absolute atomic E-state index is 0.0117. The Labute approximate surface area is 124 Å². The molecule has 0 aliphatic carbocycles. The van der Waals surface area contributed by atoms with Crippen LogP contribution in [0.3, 0.4) is 0 Å². The lowest BCUT2D eigenvalue weighted by molar-refractivity contribution is -0.126. The highest BCUT2D eigenvalue weighted by atomic mass is 16.5. The summed E-state index contributed by atoms with van der Waals surface area (Å²) in [7, 11) is 0. The molecule has 1 rings (SSSR count). The number of benzene rings is 1. The van der Waals surface area contributed by atoms with E-state index in [9.17, 15) is 9.59 Å². The van der Waals surface area contributed by atoms with Crippen molar-refractivity contribution >= 4 is 12.2 Å². The Kier molecular flexibility index (Phi) is 9.89. The van der Waals surface area contributed by atoms with Crippen LogP contribution in [-0.4, -0.2) is 51.8 Å². The van der Waals surface area contributed by atoms with Crippen molar-refractivity contribution in [1.82, 2.24) is 5.32 Å². The number of rotatable bonds is 12. The number of hydrogen-bond acceptors (Lipinski definition) is 5. The predicted molar refractivity (Wildman–Crippen MR) is 76.8 cm³/mol. The molecule has 1 amide bonds. The maximum absolute atomic E-state index is 11.5. The monoisotopic (exact) mass is 295 g/mol. The quantitative estimate of drug-likeness (QED) is 0.450. The molecule has 0 heterocycles. The molecule has 0 bridgehead atoms. The summed E-state index contributed by atoms with van der Waals surface area (Å²) in [6.07, 6.45) is 0.692. The van der Waals surface area contributed by atoms with Crippen LogP contribution in [0.5, 0.6) is 0 Å². The Morgan fingerprint density at radius 3 is 2.38 bits per heavy atom. The van der Waals surface area contributed by atoms with E-state index in [4.69, 9.17) is 14.2 Å². The molecule has 1 aromatic rings. The van der Waals surface area contributed by atoms with Gasteiger partial charge in [-0.3, -0.25) is 4.79 Å². The van der Waals surface area contributed by atoms with Crippen LogP contribution in [-0.2, 0) is 30.3 Å². The van der Waals surface area contributed by atoms with Gasteiger partial charge in [0.25, 0.3) is 0 Å². The van der Waals surface area contributed by atoms with Gasteiger partial charge in [0.05, 0.1) is 26.4 Å². The van der Waals surface area contributed by atoms with Crippen molar-refractivity contribution in [3.8, 4) is 0 Å². The van der Waals surface area contributed by atoms with E-state index in [0.717, 1.165) is 5.56 Å². The van der Waals surface area contributed by atoms with Crippen molar-refractivity contribution in [3.05, 3.63) is 35.9 Å². The topological polar surface area (TPSA) is 73.9 Å². The SMILES string of the molecule is O=CCOCCOCCOCC(=O)NCc1ccccc1. The molecule has 0 atom stereocenters. The minimum Gasteiger partial charge on any atom is -0.377 e. The Bertz CT molecular complexity index is 396. The van der Waals surface area contributed by atoms with Crippen molar-refractivity contribution in [2.45, 2.75) is 6.54 Å². The van der Waals surface area contributed by atoms with Gasteiger partial charge in [-0.15, -0.1) is 0 Å². The second-order valence-corrected chi connectivity index (χ2v) is 4.17. The van der Waals surface area contributed by atoms with E-state index in [1.54, 1.807) is 0 Å². The third-order valence-corrected chi connectivity index (χ3v) is 2.50. The summed E-state index contributed by atoms with van der Waals surface area (Å²) in [5.41, 5.74) is 1.05. The molecule has 0 fully saturated rings. The lowest BCUT2D eigenvalue weighted by Gasteiger charge is -2.07. The van der Waals surface area contributed by atoms with Crippen LogP contribution >= 0.6 is 0 Å². The smallest absolute Gasteiger partial charge is 0.246 e. The lowest BCUT2D eigenvalue weighted by atomic mass is 10.2. The molecular formula is C15H21NO5. The first-order valence-corrected chi connectivity index (χ1v) is 6.80. The van der Waals surface area contributed by atoms with Crippen LogP contribution in [0.1, 0.15) is 5.56 Å². The summed E-state index contributed by atoms with van der Waals surface area (Å²) in [6.45, 7) is 2.09. The molecule has 0 unspecified atom stereocenters. The molecule has 6 heteroatoms. The summed E-state index contributed by atoms with van der Waals surface area (Å²) < 4.78 is 15.3. The summed E-state index contributed by atoms with van der Waals surface area (Å²) in [4.78, 5) is 21.5. The largest absolute Gasteiger partial charge is 0.377 e. The number of amides is 1. The lowest BCUT2D eigenvalue weighted by Crippen LogP contribution is -2.27. The fourth-order valence-electron chi connectivity index (χ4n) is 1.48. The zero-order valence-corrected chi connectivity index (χ0v) is 12.0. The first kappa shape index (κ1) is 17.3. The fraction of sp³-hybridized carbons (Fsp3) is 0.467. The van der Waals surface area contributed by atoms with Crippen LogP contribution in [0.15, 0.2) is 30.3 Å². The molecule has 1 N–H and O–H groups in total. The first-order valence-electron chi connectivity index (χ1n) is 6.80. The summed E-state index contributed by atoms with van der Waals surface area (Å²) >= 11 is 0.